The number of carbonyl (C=O) groups is 2. The first-order chi connectivity index (χ1) is 14.8. The maximum absolute atomic E-state index is 11.9. The van der Waals surface area contributed by atoms with Crippen molar-refractivity contribution in [3.05, 3.63) is 78.0 Å². The summed E-state index contributed by atoms with van der Waals surface area (Å²) in [7, 11) is -3.73. The van der Waals surface area contributed by atoms with E-state index < -0.39 is 28.5 Å². The van der Waals surface area contributed by atoms with Crippen LogP contribution in [0, 0.1) is 0 Å². The number of hydrogen-bond acceptors (Lipinski definition) is 6. The summed E-state index contributed by atoms with van der Waals surface area (Å²) in [6.07, 6.45) is 5.01. The summed E-state index contributed by atoms with van der Waals surface area (Å²) in [5, 5.41) is 8.64. The van der Waals surface area contributed by atoms with Crippen molar-refractivity contribution in [2.45, 2.75) is 11.3 Å². The summed E-state index contributed by atoms with van der Waals surface area (Å²) in [5.41, 5.74) is 2.37. The highest BCUT2D eigenvalue weighted by atomic mass is 32.2. The number of nitrogens with zero attached hydrogens (tertiary/aromatic N) is 1. The molecule has 0 radical (unpaired) electrons. The average Bonchev–Trinajstić information content (AvgIpc) is 2.76. The molecule has 0 atom stereocenters. The molecule has 0 saturated heterocycles. The van der Waals surface area contributed by atoms with Crippen LogP contribution in [0.2, 0.25) is 0 Å². The van der Waals surface area contributed by atoms with Crippen molar-refractivity contribution < 1.29 is 22.7 Å². The van der Waals surface area contributed by atoms with Gasteiger partial charge in [-0.05, 0) is 36.3 Å². The second kappa shape index (κ2) is 9.96. The minimum Gasteiger partial charge on any atom is -0.452 e. The molecule has 1 aromatic heterocycles. The predicted octanol–water partition coefficient (Wildman–Crippen LogP) is 1.80. The Morgan fingerprint density at radius 3 is 2.55 bits per heavy atom. The number of pyridine rings is 1. The Morgan fingerprint density at radius 1 is 1.06 bits per heavy atom. The molecular formula is C22H21N3O5S. The zero-order valence-electron chi connectivity index (χ0n) is 16.5. The van der Waals surface area contributed by atoms with Crippen LogP contribution in [-0.4, -0.2) is 38.4 Å². The molecule has 3 N–H and O–H groups in total. The Labute approximate surface area is 179 Å². The van der Waals surface area contributed by atoms with Gasteiger partial charge in [-0.25, -0.2) is 18.4 Å². The number of sulfonamides is 1. The lowest BCUT2D eigenvalue weighted by molar-refractivity contribution is -0.143. The first-order valence-corrected chi connectivity index (χ1v) is 10.9. The van der Waals surface area contributed by atoms with Gasteiger partial charge in [-0.1, -0.05) is 36.4 Å². The summed E-state index contributed by atoms with van der Waals surface area (Å²) < 4.78 is 27.4. The van der Waals surface area contributed by atoms with Crippen molar-refractivity contribution in [1.82, 2.24) is 10.3 Å². The lowest BCUT2D eigenvalue weighted by Gasteiger charge is -2.06. The van der Waals surface area contributed by atoms with Crippen LogP contribution in [0.15, 0.2) is 71.8 Å². The maximum Gasteiger partial charge on any atom is 0.331 e. The van der Waals surface area contributed by atoms with E-state index in [0.717, 1.165) is 22.0 Å². The van der Waals surface area contributed by atoms with E-state index in [2.05, 4.69) is 10.3 Å². The Bertz CT molecular complexity index is 1220. The molecule has 0 aliphatic rings. The van der Waals surface area contributed by atoms with Crippen LogP contribution >= 0.6 is 0 Å². The van der Waals surface area contributed by atoms with Crippen LogP contribution in [-0.2, 0) is 30.8 Å². The van der Waals surface area contributed by atoms with Crippen LogP contribution in [0.1, 0.15) is 11.1 Å². The van der Waals surface area contributed by atoms with E-state index in [1.54, 1.807) is 24.4 Å². The summed E-state index contributed by atoms with van der Waals surface area (Å²) in [6, 6.07) is 15.5. The van der Waals surface area contributed by atoms with Crippen LogP contribution in [0.3, 0.4) is 0 Å². The number of rotatable bonds is 8. The van der Waals surface area contributed by atoms with Crippen molar-refractivity contribution >= 4 is 38.9 Å². The Morgan fingerprint density at radius 2 is 1.81 bits per heavy atom. The number of carbonyl (C=O) groups excluding carboxylic acids is 2. The quantitative estimate of drug-likeness (QED) is 0.407. The van der Waals surface area contributed by atoms with E-state index in [9.17, 15) is 18.0 Å². The molecule has 3 aromatic rings. The highest BCUT2D eigenvalue weighted by molar-refractivity contribution is 7.89. The van der Waals surface area contributed by atoms with Gasteiger partial charge in [0.05, 0.1) is 10.4 Å². The highest BCUT2D eigenvalue weighted by Gasteiger charge is 2.08. The van der Waals surface area contributed by atoms with Gasteiger partial charge in [0, 0.05) is 29.8 Å². The smallest absolute Gasteiger partial charge is 0.331 e. The fraction of sp³-hybridized carbons (Fsp3) is 0.136. The molecule has 160 valence electrons. The lowest BCUT2D eigenvalue weighted by atomic mass is 10.1. The van der Waals surface area contributed by atoms with E-state index in [-0.39, 0.29) is 4.90 Å². The number of aromatic nitrogens is 1. The fourth-order valence-corrected chi connectivity index (χ4v) is 3.36. The number of primary sulfonamides is 1. The third-order valence-corrected chi connectivity index (χ3v) is 5.33. The third-order valence-electron chi connectivity index (χ3n) is 4.40. The number of ether oxygens (including phenoxy) is 1. The van der Waals surface area contributed by atoms with Crippen LogP contribution in [0.4, 0.5) is 0 Å². The van der Waals surface area contributed by atoms with E-state index >= 15 is 0 Å². The zero-order chi connectivity index (χ0) is 22.3. The molecule has 8 nitrogen and oxygen atoms in total. The number of nitrogens with two attached hydrogens (primary N) is 1. The van der Waals surface area contributed by atoms with Gasteiger partial charge >= 0.3 is 5.97 Å². The van der Waals surface area contributed by atoms with Gasteiger partial charge in [-0.3, -0.25) is 9.78 Å². The van der Waals surface area contributed by atoms with Gasteiger partial charge in [0.1, 0.15) is 0 Å². The molecule has 1 amide bonds. The molecule has 3 rings (SSSR count). The van der Waals surface area contributed by atoms with E-state index in [4.69, 9.17) is 9.88 Å². The zero-order valence-corrected chi connectivity index (χ0v) is 17.3. The van der Waals surface area contributed by atoms with Crippen molar-refractivity contribution in [2.75, 3.05) is 13.2 Å². The van der Waals surface area contributed by atoms with Gasteiger partial charge in [-0.2, -0.15) is 0 Å². The van der Waals surface area contributed by atoms with Gasteiger partial charge in [0.2, 0.25) is 10.0 Å². The third kappa shape index (κ3) is 6.46. The summed E-state index contributed by atoms with van der Waals surface area (Å²) in [5.74, 6) is -1.07. The van der Waals surface area contributed by atoms with Gasteiger partial charge in [0.25, 0.3) is 5.91 Å². The van der Waals surface area contributed by atoms with Crippen molar-refractivity contribution in [3.8, 4) is 0 Å². The molecule has 1 heterocycles. The van der Waals surface area contributed by atoms with Gasteiger partial charge in [-0.15, -0.1) is 0 Å². The summed E-state index contributed by atoms with van der Waals surface area (Å²) >= 11 is 0. The molecule has 0 fully saturated rings. The first-order valence-electron chi connectivity index (χ1n) is 9.40. The predicted molar refractivity (Wildman–Crippen MR) is 116 cm³/mol. The second-order valence-electron chi connectivity index (χ2n) is 6.65. The number of amides is 1. The van der Waals surface area contributed by atoms with Crippen LogP contribution < -0.4 is 10.5 Å². The number of nitrogens with one attached hydrogen (secondary N) is 1. The van der Waals surface area contributed by atoms with E-state index in [1.165, 1.54) is 18.2 Å². The van der Waals surface area contributed by atoms with E-state index in [1.807, 2.05) is 30.3 Å². The van der Waals surface area contributed by atoms with E-state index in [0.29, 0.717) is 13.0 Å². The number of esters is 1. The van der Waals surface area contributed by atoms with Gasteiger partial charge < -0.3 is 10.1 Å². The topological polar surface area (TPSA) is 128 Å². The van der Waals surface area contributed by atoms with Gasteiger partial charge in [0.15, 0.2) is 6.61 Å². The summed E-state index contributed by atoms with van der Waals surface area (Å²) in [6.45, 7) is -0.0933. The molecule has 0 saturated carbocycles. The molecule has 2 aromatic carbocycles. The molecule has 9 heteroatoms. The minimum absolute atomic E-state index is 0.0273. The van der Waals surface area contributed by atoms with Crippen molar-refractivity contribution in [1.29, 1.82) is 0 Å². The van der Waals surface area contributed by atoms with Crippen LogP contribution in [0.5, 0.6) is 0 Å². The number of hydrogen-bond donors (Lipinski definition) is 2. The number of para-hydroxylation sites is 1. The maximum atomic E-state index is 11.9. The van der Waals surface area contributed by atoms with Crippen molar-refractivity contribution in [3.63, 3.8) is 0 Å². The highest BCUT2D eigenvalue weighted by Crippen LogP contribution is 2.17. The normalized spacial score (nSPS) is 11.5. The Kier molecular flexibility index (Phi) is 7.11. The molecule has 0 spiro atoms. The lowest BCUT2D eigenvalue weighted by Crippen LogP contribution is -2.30. The molecule has 0 aliphatic heterocycles. The molecule has 31 heavy (non-hydrogen) atoms. The van der Waals surface area contributed by atoms with Crippen molar-refractivity contribution in [2.24, 2.45) is 5.14 Å². The second-order valence-corrected chi connectivity index (χ2v) is 8.21. The number of fused-ring (bicyclic) bond motifs is 1. The van der Waals surface area contributed by atoms with Crippen LogP contribution in [0.25, 0.3) is 17.0 Å². The molecule has 0 aliphatic carbocycles. The Balaban J connectivity index is 1.43. The Hall–Kier alpha value is -3.56. The molecule has 0 bridgehead atoms. The molecular weight excluding hydrogens is 418 g/mol. The average molecular weight is 439 g/mol. The monoisotopic (exact) mass is 439 g/mol. The SMILES string of the molecule is NS(=O)(=O)c1ccc(CCNC(=O)COC(=O)/C=C/c2cccc3cccnc23)cc1. The minimum atomic E-state index is -3.73. The first kappa shape index (κ1) is 22.1. The fourth-order valence-electron chi connectivity index (χ4n) is 2.85. The summed E-state index contributed by atoms with van der Waals surface area (Å²) in [4.78, 5) is 28.1. The largest absolute Gasteiger partial charge is 0.452 e. The number of benzene rings is 2. The molecule has 0 unspecified atom stereocenters. The standard InChI is InChI=1S/C22H21N3O5S/c23-31(28,29)19-9-6-16(7-10-19)12-14-24-20(26)15-30-21(27)11-8-18-4-1-3-17-5-2-13-25-22(17)18/h1-11,13H,12,14-15H2,(H,24,26)(H2,23,28,29)/b11-8+.